The van der Waals surface area contributed by atoms with Gasteiger partial charge in [0.1, 0.15) is 31.0 Å². The first-order chi connectivity index (χ1) is 13.9. The Kier molecular flexibility index (Phi) is 6.68. The fraction of sp³-hybridized carbons (Fsp3) is 0.350. The van der Waals surface area contributed by atoms with Crippen LogP contribution in [0.4, 0.5) is 0 Å². The van der Waals surface area contributed by atoms with Crippen LogP contribution in [0.2, 0.25) is 0 Å². The van der Waals surface area contributed by atoms with Gasteiger partial charge >= 0.3 is 5.97 Å². The van der Waals surface area contributed by atoms with Gasteiger partial charge in [0.05, 0.1) is 12.2 Å². The van der Waals surface area contributed by atoms with Crippen LogP contribution in [0.1, 0.15) is 15.9 Å². The van der Waals surface area contributed by atoms with Crippen molar-refractivity contribution in [3.05, 3.63) is 59.7 Å². The molecule has 5 atom stereocenters. The minimum Gasteiger partial charge on any atom is -0.504 e. The van der Waals surface area contributed by atoms with Crippen LogP contribution in [0, 0.1) is 0 Å². The van der Waals surface area contributed by atoms with Gasteiger partial charge in [0.15, 0.2) is 11.5 Å². The molecule has 29 heavy (non-hydrogen) atoms. The number of aliphatic hydroxyl groups excluding tert-OH is 4. The monoisotopic (exact) mass is 406 g/mol. The second-order valence-corrected chi connectivity index (χ2v) is 6.56. The van der Waals surface area contributed by atoms with Crippen molar-refractivity contribution in [1.82, 2.24) is 0 Å². The number of carbonyl (C=O) groups excluding carboxylic acids is 1. The minimum atomic E-state index is -1.63. The topological polar surface area (TPSA) is 146 Å². The summed E-state index contributed by atoms with van der Waals surface area (Å²) in [5.74, 6) is -1.01. The zero-order chi connectivity index (χ0) is 21.0. The third-order valence-electron chi connectivity index (χ3n) is 4.51. The molecule has 1 fully saturated rings. The van der Waals surface area contributed by atoms with Crippen LogP contribution in [0.15, 0.2) is 48.5 Å². The second kappa shape index (κ2) is 9.21. The standard InChI is InChI=1S/C20H22O9/c21-9-11-6-7-14(13(22)8-11)28-20-18(25)17(24)16(23)15(29-20)10-27-19(26)12-4-2-1-3-5-12/h1-8,15-18,20-25H,9-10H2/t15-,16+,17-,18+,20+/m0/s1. The van der Waals surface area contributed by atoms with Crippen LogP contribution < -0.4 is 4.74 Å². The molecule has 2 aromatic carbocycles. The van der Waals surface area contributed by atoms with E-state index in [1.807, 2.05) is 0 Å². The summed E-state index contributed by atoms with van der Waals surface area (Å²) in [6, 6.07) is 12.3. The number of aliphatic hydroxyl groups is 4. The molecule has 2 aromatic rings. The molecule has 0 saturated carbocycles. The van der Waals surface area contributed by atoms with Crippen LogP contribution in [0.5, 0.6) is 11.5 Å². The summed E-state index contributed by atoms with van der Waals surface area (Å²) in [7, 11) is 0. The van der Waals surface area contributed by atoms with Crippen molar-refractivity contribution in [2.24, 2.45) is 0 Å². The van der Waals surface area contributed by atoms with Crippen molar-refractivity contribution in [2.45, 2.75) is 37.3 Å². The summed E-state index contributed by atoms with van der Waals surface area (Å²) in [6.45, 7) is -0.676. The molecule has 1 saturated heterocycles. The highest BCUT2D eigenvalue weighted by molar-refractivity contribution is 5.89. The highest BCUT2D eigenvalue weighted by Gasteiger charge is 2.45. The molecule has 1 aliphatic rings. The van der Waals surface area contributed by atoms with Crippen molar-refractivity contribution >= 4 is 5.97 Å². The highest BCUT2D eigenvalue weighted by atomic mass is 16.7. The summed E-state index contributed by atoms with van der Waals surface area (Å²) in [5.41, 5.74) is 0.751. The van der Waals surface area contributed by atoms with Crippen molar-refractivity contribution in [3.8, 4) is 11.5 Å². The van der Waals surface area contributed by atoms with Crippen LogP contribution >= 0.6 is 0 Å². The third kappa shape index (κ3) is 4.84. The number of aromatic hydroxyl groups is 1. The van der Waals surface area contributed by atoms with Gasteiger partial charge in [-0.2, -0.15) is 0 Å². The van der Waals surface area contributed by atoms with Gasteiger partial charge in [0.2, 0.25) is 6.29 Å². The number of hydrogen-bond donors (Lipinski definition) is 5. The van der Waals surface area contributed by atoms with Crippen molar-refractivity contribution in [2.75, 3.05) is 6.61 Å². The maximum absolute atomic E-state index is 12.1. The average molecular weight is 406 g/mol. The van der Waals surface area contributed by atoms with E-state index in [0.717, 1.165) is 0 Å². The Balaban J connectivity index is 1.67. The van der Waals surface area contributed by atoms with Gasteiger partial charge in [-0.3, -0.25) is 0 Å². The molecular weight excluding hydrogens is 384 g/mol. The Morgan fingerprint density at radius 3 is 2.38 bits per heavy atom. The SMILES string of the molecule is O=C(OC[C@@H]1O[C@@H](Oc2ccc(CO)cc2O)[C@H](O)[C@@H](O)[C@@H]1O)c1ccccc1. The second-order valence-electron chi connectivity index (χ2n) is 6.56. The van der Waals surface area contributed by atoms with Gasteiger partial charge in [-0.15, -0.1) is 0 Å². The van der Waals surface area contributed by atoms with Crippen LogP contribution in [-0.4, -0.2) is 68.8 Å². The van der Waals surface area contributed by atoms with E-state index >= 15 is 0 Å². The summed E-state index contributed by atoms with van der Waals surface area (Å²) in [6.07, 6.45) is -7.40. The number of rotatable bonds is 6. The molecule has 1 heterocycles. The van der Waals surface area contributed by atoms with Gasteiger partial charge in [0.25, 0.3) is 0 Å². The van der Waals surface area contributed by atoms with Crippen molar-refractivity contribution in [3.63, 3.8) is 0 Å². The Bertz CT molecular complexity index is 826. The van der Waals surface area contributed by atoms with Gasteiger partial charge < -0.3 is 39.7 Å². The number of ether oxygens (including phenoxy) is 3. The molecule has 0 radical (unpaired) electrons. The smallest absolute Gasteiger partial charge is 0.338 e. The van der Waals surface area contributed by atoms with E-state index in [9.17, 15) is 25.2 Å². The van der Waals surface area contributed by atoms with Crippen LogP contribution in [0.3, 0.4) is 0 Å². The predicted molar refractivity (Wildman–Crippen MR) is 98.1 cm³/mol. The minimum absolute atomic E-state index is 0.0603. The van der Waals surface area contributed by atoms with Gasteiger partial charge in [-0.05, 0) is 29.8 Å². The molecule has 0 spiro atoms. The summed E-state index contributed by atoms with van der Waals surface area (Å²) >= 11 is 0. The normalized spacial score (nSPS) is 26.7. The van der Waals surface area contributed by atoms with E-state index in [-0.39, 0.29) is 18.1 Å². The van der Waals surface area contributed by atoms with E-state index in [1.54, 1.807) is 30.3 Å². The van der Waals surface area contributed by atoms with E-state index in [1.165, 1.54) is 18.2 Å². The fourth-order valence-electron chi connectivity index (χ4n) is 2.85. The quantitative estimate of drug-likeness (QED) is 0.416. The lowest BCUT2D eigenvalue weighted by Crippen LogP contribution is -2.60. The number of phenolic OH excluding ortho intramolecular Hbond substituents is 1. The molecule has 0 unspecified atom stereocenters. The predicted octanol–water partition coefficient (Wildman–Crippen LogP) is -0.0721. The average Bonchev–Trinajstić information content (AvgIpc) is 2.74. The molecule has 0 amide bonds. The Hall–Kier alpha value is -2.69. The molecule has 0 bridgehead atoms. The Morgan fingerprint density at radius 1 is 1.00 bits per heavy atom. The number of benzene rings is 2. The fourth-order valence-corrected chi connectivity index (χ4v) is 2.85. The molecule has 0 aromatic heterocycles. The van der Waals surface area contributed by atoms with E-state index in [2.05, 4.69) is 0 Å². The van der Waals surface area contributed by atoms with E-state index in [4.69, 9.17) is 19.3 Å². The first-order valence-electron chi connectivity index (χ1n) is 8.92. The number of hydrogen-bond acceptors (Lipinski definition) is 9. The molecule has 156 valence electrons. The van der Waals surface area contributed by atoms with E-state index < -0.39 is 43.3 Å². The number of carbonyl (C=O) groups is 1. The summed E-state index contributed by atoms with van der Waals surface area (Å²) < 4.78 is 16.0. The largest absolute Gasteiger partial charge is 0.504 e. The van der Waals surface area contributed by atoms with E-state index in [0.29, 0.717) is 11.1 Å². The lowest BCUT2D eigenvalue weighted by molar-refractivity contribution is -0.277. The third-order valence-corrected chi connectivity index (χ3v) is 4.51. The maximum Gasteiger partial charge on any atom is 0.338 e. The molecule has 9 nitrogen and oxygen atoms in total. The first kappa shape index (κ1) is 21.0. The first-order valence-corrected chi connectivity index (χ1v) is 8.92. The lowest BCUT2D eigenvalue weighted by Gasteiger charge is -2.39. The number of esters is 1. The molecule has 0 aliphatic carbocycles. The van der Waals surface area contributed by atoms with Crippen LogP contribution in [0.25, 0.3) is 0 Å². The zero-order valence-corrected chi connectivity index (χ0v) is 15.3. The van der Waals surface area contributed by atoms with Gasteiger partial charge in [0, 0.05) is 0 Å². The van der Waals surface area contributed by atoms with Gasteiger partial charge in [-0.1, -0.05) is 24.3 Å². The zero-order valence-electron chi connectivity index (χ0n) is 15.3. The summed E-state index contributed by atoms with van der Waals surface area (Å²) in [4.78, 5) is 12.1. The molecule has 3 rings (SSSR count). The number of phenols is 1. The molecule has 5 N–H and O–H groups in total. The summed E-state index contributed by atoms with van der Waals surface area (Å²) in [5, 5.41) is 49.4. The molecule has 1 aliphatic heterocycles. The highest BCUT2D eigenvalue weighted by Crippen LogP contribution is 2.31. The lowest BCUT2D eigenvalue weighted by atomic mass is 9.99. The Labute approximate surface area is 166 Å². The van der Waals surface area contributed by atoms with Crippen molar-refractivity contribution in [1.29, 1.82) is 0 Å². The van der Waals surface area contributed by atoms with Crippen LogP contribution in [-0.2, 0) is 16.1 Å². The van der Waals surface area contributed by atoms with Crippen molar-refractivity contribution < 1.29 is 44.5 Å². The molecule has 9 heteroatoms. The molecular formula is C20H22O9. The maximum atomic E-state index is 12.1. The Morgan fingerprint density at radius 2 is 1.72 bits per heavy atom. The van der Waals surface area contributed by atoms with Gasteiger partial charge in [-0.25, -0.2) is 4.79 Å².